The van der Waals surface area contributed by atoms with Crippen molar-refractivity contribution in [3.05, 3.63) is 66.0 Å². The molecular weight excluding hydrogens is 421 g/mol. The van der Waals surface area contributed by atoms with Crippen LogP contribution in [0.15, 0.2) is 54.6 Å². The summed E-state index contributed by atoms with van der Waals surface area (Å²) in [5.74, 6) is 0.593. The van der Waals surface area contributed by atoms with E-state index in [4.69, 9.17) is 14.6 Å². The summed E-state index contributed by atoms with van der Waals surface area (Å²) in [5, 5.41) is 15.3. The zero-order valence-electron chi connectivity index (χ0n) is 19.7. The molecule has 3 rings (SSSR count). The Morgan fingerprint density at radius 2 is 1.94 bits per heavy atom. The van der Waals surface area contributed by atoms with E-state index < -0.39 is 6.10 Å². The number of benzene rings is 2. The molecule has 0 unspecified atom stereocenters. The molecule has 6 nitrogen and oxygen atoms in total. The van der Waals surface area contributed by atoms with Gasteiger partial charge in [-0.25, -0.2) is 9.07 Å². The van der Waals surface area contributed by atoms with E-state index in [0.717, 1.165) is 36.1 Å². The molecule has 1 heterocycles. The number of aryl methyl sites for hydroxylation is 1. The van der Waals surface area contributed by atoms with E-state index in [1.54, 1.807) is 23.9 Å². The topological polar surface area (TPSA) is 59.8 Å². The maximum Gasteiger partial charge on any atom is 0.222 e. The van der Waals surface area contributed by atoms with Gasteiger partial charge >= 0.3 is 0 Å². The van der Waals surface area contributed by atoms with Crippen molar-refractivity contribution in [2.45, 2.75) is 38.8 Å². The van der Waals surface area contributed by atoms with E-state index in [2.05, 4.69) is 11.8 Å². The van der Waals surface area contributed by atoms with Gasteiger partial charge in [-0.05, 0) is 18.6 Å². The van der Waals surface area contributed by atoms with Gasteiger partial charge in [0, 0.05) is 45.4 Å². The average Bonchev–Trinajstić information content (AvgIpc) is 3.11. The molecule has 0 spiro atoms. The van der Waals surface area contributed by atoms with Crippen molar-refractivity contribution in [1.82, 2.24) is 14.7 Å². The van der Waals surface area contributed by atoms with E-state index in [1.165, 1.54) is 12.1 Å². The Hall–Kier alpha value is -2.74. The number of aliphatic hydroxyl groups excluding tert-OH is 1. The highest BCUT2D eigenvalue weighted by molar-refractivity contribution is 5.65. The van der Waals surface area contributed by atoms with Crippen LogP contribution in [0.3, 0.4) is 0 Å². The first-order valence-corrected chi connectivity index (χ1v) is 11.5. The Morgan fingerprint density at radius 3 is 2.64 bits per heavy atom. The minimum atomic E-state index is -0.425. The van der Waals surface area contributed by atoms with Crippen molar-refractivity contribution in [1.29, 1.82) is 0 Å². The number of ether oxygens (including phenoxy) is 2. The van der Waals surface area contributed by atoms with Crippen LogP contribution in [0.5, 0.6) is 11.6 Å². The van der Waals surface area contributed by atoms with Crippen LogP contribution >= 0.6 is 0 Å². The van der Waals surface area contributed by atoms with Crippen LogP contribution in [-0.2, 0) is 18.3 Å². The van der Waals surface area contributed by atoms with Crippen LogP contribution in [0.25, 0.3) is 11.3 Å². The summed E-state index contributed by atoms with van der Waals surface area (Å²) in [6.07, 6.45) is 2.36. The highest BCUT2D eigenvalue weighted by atomic mass is 19.1. The van der Waals surface area contributed by atoms with Crippen molar-refractivity contribution >= 4 is 0 Å². The summed E-state index contributed by atoms with van der Waals surface area (Å²) < 4.78 is 26.9. The monoisotopic (exact) mass is 455 g/mol. The Morgan fingerprint density at radius 1 is 1.15 bits per heavy atom. The smallest absolute Gasteiger partial charge is 0.222 e. The Bertz CT molecular complexity index is 994. The molecule has 2 aromatic carbocycles. The molecular formula is C26H34FN3O3. The van der Waals surface area contributed by atoms with Gasteiger partial charge in [0.25, 0.3) is 0 Å². The number of aliphatic hydroxyl groups is 1. The van der Waals surface area contributed by atoms with Crippen LogP contribution in [0.4, 0.5) is 4.39 Å². The second kappa shape index (κ2) is 12.5. The van der Waals surface area contributed by atoms with Crippen molar-refractivity contribution in [2.75, 3.05) is 26.8 Å². The lowest BCUT2D eigenvalue weighted by Crippen LogP contribution is -2.34. The van der Waals surface area contributed by atoms with E-state index in [1.807, 2.05) is 37.4 Å². The molecule has 1 atom stereocenters. The maximum atomic E-state index is 13.8. The second-order valence-corrected chi connectivity index (χ2v) is 8.21. The molecule has 0 saturated carbocycles. The van der Waals surface area contributed by atoms with Gasteiger partial charge in [-0.2, -0.15) is 5.10 Å². The molecule has 33 heavy (non-hydrogen) atoms. The number of hydrogen-bond donors (Lipinski definition) is 1. The zero-order valence-corrected chi connectivity index (χ0v) is 19.7. The molecule has 0 amide bonds. The van der Waals surface area contributed by atoms with Gasteiger partial charge in [0.05, 0.1) is 18.3 Å². The Balaban J connectivity index is 1.96. The predicted octanol–water partition coefficient (Wildman–Crippen LogP) is 5.02. The first kappa shape index (κ1) is 24.9. The van der Waals surface area contributed by atoms with Gasteiger partial charge in [0.1, 0.15) is 17.3 Å². The largest absolute Gasteiger partial charge is 0.439 e. The van der Waals surface area contributed by atoms with Crippen molar-refractivity contribution in [2.24, 2.45) is 7.05 Å². The van der Waals surface area contributed by atoms with Crippen LogP contribution in [0.1, 0.15) is 31.7 Å². The quantitative estimate of drug-likeness (QED) is 0.392. The fraction of sp³-hybridized carbons (Fsp3) is 0.423. The number of unbranched alkanes of at least 4 members (excludes halogenated alkanes) is 1. The van der Waals surface area contributed by atoms with Gasteiger partial charge < -0.3 is 14.6 Å². The van der Waals surface area contributed by atoms with Crippen LogP contribution < -0.4 is 4.74 Å². The Labute approximate surface area is 195 Å². The van der Waals surface area contributed by atoms with Crippen LogP contribution in [-0.4, -0.2) is 52.7 Å². The number of nitrogens with zero attached hydrogens (tertiary/aromatic N) is 3. The molecule has 3 aromatic rings. The third kappa shape index (κ3) is 7.12. The highest BCUT2D eigenvalue weighted by Crippen LogP contribution is 2.34. The van der Waals surface area contributed by atoms with Crippen LogP contribution in [0.2, 0.25) is 0 Å². The molecule has 0 saturated heterocycles. The third-order valence-corrected chi connectivity index (χ3v) is 5.50. The molecule has 0 aliphatic heterocycles. The molecule has 178 valence electrons. The minimum Gasteiger partial charge on any atom is -0.439 e. The fourth-order valence-electron chi connectivity index (χ4n) is 3.80. The van der Waals surface area contributed by atoms with E-state index in [0.29, 0.717) is 37.9 Å². The van der Waals surface area contributed by atoms with Crippen molar-refractivity contribution in [3.63, 3.8) is 0 Å². The summed E-state index contributed by atoms with van der Waals surface area (Å²) in [6, 6.07) is 16.0. The summed E-state index contributed by atoms with van der Waals surface area (Å²) in [7, 11) is 3.49. The summed E-state index contributed by atoms with van der Waals surface area (Å²) in [4.78, 5) is 2.16. The number of hydrogen-bond acceptors (Lipinski definition) is 5. The van der Waals surface area contributed by atoms with Gasteiger partial charge in [-0.3, -0.25) is 4.90 Å². The maximum absolute atomic E-state index is 13.8. The van der Waals surface area contributed by atoms with Crippen LogP contribution in [0, 0.1) is 5.82 Å². The first-order valence-electron chi connectivity index (χ1n) is 11.5. The molecule has 0 radical (unpaired) electrons. The molecule has 0 fully saturated rings. The SMILES string of the molecule is CCCC[C@H](O)CN(CCOC)Cc1c(-c2ccccc2)nn(C)c1Oc1cccc(F)c1. The number of methoxy groups -OCH3 is 1. The van der Waals surface area contributed by atoms with Gasteiger partial charge in [0.15, 0.2) is 0 Å². The minimum absolute atomic E-state index is 0.361. The summed E-state index contributed by atoms with van der Waals surface area (Å²) in [6.45, 7) is 4.35. The zero-order chi connectivity index (χ0) is 23.6. The second-order valence-electron chi connectivity index (χ2n) is 8.21. The molecule has 0 aliphatic rings. The Kier molecular flexibility index (Phi) is 9.42. The van der Waals surface area contributed by atoms with Gasteiger partial charge in [-0.15, -0.1) is 0 Å². The number of rotatable bonds is 13. The number of halogens is 1. The van der Waals surface area contributed by atoms with Crippen molar-refractivity contribution in [3.8, 4) is 22.9 Å². The van der Waals surface area contributed by atoms with Crippen molar-refractivity contribution < 1.29 is 19.0 Å². The molecule has 7 heteroatoms. The van der Waals surface area contributed by atoms with Gasteiger partial charge in [0.2, 0.25) is 5.88 Å². The molecule has 1 N–H and O–H groups in total. The first-order chi connectivity index (χ1) is 16.0. The third-order valence-electron chi connectivity index (χ3n) is 5.50. The van der Waals surface area contributed by atoms with Gasteiger partial charge in [-0.1, -0.05) is 56.2 Å². The fourth-order valence-corrected chi connectivity index (χ4v) is 3.80. The van der Waals surface area contributed by atoms with E-state index in [9.17, 15) is 9.50 Å². The van der Waals surface area contributed by atoms with E-state index in [-0.39, 0.29) is 5.82 Å². The predicted molar refractivity (Wildman–Crippen MR) is 128 cm³/mol. The lowest BCUT2D eigenvalue weighted by atomic mass is 10.1. The average molecular weight is 456 g/mol. The lowest BCUT2D eigenvalue weighted by molar-refractivity contribution is 0.0788. The molecule has 0 aliphatic carbocycles. The van der Waals surface area contributed by atoms with E-state index >= 15 is 0 Å². The standard InChI is InChI=1S/C26H34FN3O3/c1-4-5-13-22(31)18-30(15-16-32-3)19-24-25(20-10-7-6-8-11-20)28-29(2)26(24)33-23-14-9-12-21(27)17-23/h6-12,14,17,22,31H,4-5,13,15-16,18-19H2,1-3H3/t22-/m0/s1. The highest BCUT2D eigenvalue weighted by Gasteiger charge is 2.23. The summed E-state index contributed by atoms with van der Waals surface area (Å²) >= 11 is 0. The molecule has 1 aromatic heterocycles. The summed E-state index contributed by atoms with van der Waals surface area (Å²) in [5.41, 5.74) is 2.65. The molecule has 0 bridgehead atoms. The normalized spacial score (nSPS) is 12.3. The lowest BCUT2D eigenvalue weighted by Gasteiger charge is -2.25. The number of aromatic nitrogens is 2.